The van der Waals surface area contributed by atoms with E-state index in [0.717, 1.165) is 23.0 Å². The molecule has 20 heavy (non-hydrogen) atoms. The van der Waals surface area contributed by atoms with Gasteiger partial charge in [0.1, 0.15) is 12.0 Å². The zero-order valence-electron chi connectivity index (χ0n) is 12.0. The predicted octanol–water partition coefficient (Wildman–Crippen LogP) is 4.57. The highest BCUT2D eigenvalue weighted by Gasteiger charge is 2.32. The number of halogens is 3. The average molecular weight is 288 g/mol. The van der Waals surface area contributed by atoms with Crippen molar-refractivity contribution in [2.45, 2.75) is 52.3 Å². The summed E-state index contributed by atoms with van der Waals surface area (Å²) in [7, 11) is 0. The van der Waals surface area contributed by atoms with Gasteiger partial charge in [0, 0.05) is 6.42 Å². The van der Waals surface area contributed by atoms with Crippen molar-refractivity contribution in [3.8, 4) is 5.75 Å². The second kappa shape index (κ2) is 6.29. The lowest BCUT2D eigenvalue weighted by Gasteiger charge is -2.21. The zero-order valence-corrected chi connectivity index (χ0v) is 12.0. The summed E-state index contributed by atoms with van der Waals surface area (Å²) in [5.41, 5.74) is 2.25. The highest BCUT2D eigenvalue weighted by Crippen LogP contribution is 2.34. The topological polar surface area (TPSA) is 26.3 Å². The summed E-state index contributed by atoms with van der Waals surface area (Å²) in [4.78, 5) is 10.8. The fourth-order valence-corrected chi connectivity index (χ4v) is 2.23. The number of carbonyl (C=O) groups is 1. The Morgan fingerprint density at radius 1 is 1.10 bits per heavy atom. The van der Waals surface area contributed by atoms with Crippen molar-refractivity contribution in [2.75, 3.05) is 0 Å². The molecule has 0 saturated heterocycles. The first-order chi connectivity index (χ1) is 9.15. The van der Waals surface area contributed by atoms with Crippen LogP contribution in [-0.2, 0) is 11.2 Å². The third-order valence-electron chi connectivity index (χ3n) is 3.06. The summed E-state index contributed by atoms with van der Waals surface area (Å²) in [6, 6.07) is 2.76. The Hall–Kier alpha value is -1.52. The van der Waals surface area contributed by atoms with E-state index >= 15 is 0 Å². The van der Waals surface area contributed by atoms with Crippen LogP contribution in [0.2, 0.25) is 0 Å². The van der Waals surface area contributed by atoms with Crippen LogP contribution in [0.1, 0.15) is 56.2 Å². The van der Waals surface area contributed by atoms with Crippen LogP contribution < -0.4 is 4.74 Å². The van der Waals surface area contributed by atoms with Crippen LogP contribution in [0.5, 0.6) is 5.75 Å². The van der Waals surface area contributed by atoms with Crippen molar-refractivity contribution in [1.29, 1.82) is 0 Å². The van der Waals surface area contributed by atoms with Gasteiger partial charge in [0.05, 0.1) is 0 Å². The average Bonchev–Trinajstić information content (AvgIpc) is 2.28. The fraction of sp³-hybridized carbons (Fsp3) is 0.533. The van der Waals surface area contributed by atoms with Gasteiger partial charge in [0.25, 0.3) is 0 Å². The summed E-state index contributed by atoms with van der Waals surface area (Å²) in [5, 5.41) is 0. The van der Waals surface area contributed by atoms with Crippen LogP contribution in [0.3, 0.4) is 0 Å². The summed E-state index contributed by atoms with van der Waals surface area (Å²) in [6.45, 7) is 7.52. The van der Waals surface area contributed by atoms with E-state index in [1.807, 2.05) is 27.7 Å². The third kappa shape index (κ3) is 4.25. The molecule has 0 fully saturated rings. The second-order valence-electron chi connectivity index (χ2n) is 5.31. The molecule has 0 aromatic heterocycles. The molecule has 0 atom stereocenters. The van der Waals surface area contributed by atoms with Gasteiger partial charge in [0.15, 0.2) is 0 Å². The number of hydrogen-bond acceptors (Lipinski definition) is 2. The molecule has 1 rings (SSSR count). The number of aldehydes is 1. The van der Waals surface area contributed by atoms with Gasteiger partial charge in [-0.2, -0.15) is 0 Å². The maximum Gasteiger partial charge on any atom is 0.573 e. The van der Waals surface area contributed by atoms with Gasteiger partial charge in [0.2, 0.25) is 0 Å². The Balaban J connectivity index is 3.41. The monoisotopic (exact) mass is 288 g/mol. The summed E-state index contributed by atoms with van der Waals surface area (Å²) < 4.78 is 41.2. The van der Waals surface area contributed by atoms with E-state index in [1.165, 1.54) is 12.1 Å². The molecule has 0 unspecified atom stereocenters. The smallest absolute Gasteiger partial charge is 0.406 e. The number of benzene rings is 1. The van der Waals surface area contributed by atoms with Gasteiger partial charge in [-0.15, -0.1) is 13.2 Å². The van der Waals surface area contributed by atoms with Gasteiger partial charge >= 0.3 is 6.36 Å². The Labute approximate surface area is 116 Å². The number of ether oxygens (including phenoxy) is 1. The van der Waals surface area contributed by atoms with Crippen LogP contribution in [0, 0.1) is 0 Å². The lowest BCUT2D eigenvalue weighted by atomic mass is 9.87. The molecule has 0 aliphatic heterocycles. The minimum absolute atomic E-state index is 0.0132. The van der Waals surface area contributed by atoms with Crippen molar-refractivity contribution < 1.29 is 22.7 Å². The van der Waals surface area contributed by atoms with E-state index in [1.54, 1.807) is 0 Å². The summed E-state index contributed by atoms with van der Waals surface area (Å²) in [5.74, 6) is -0.196. The van der Waals surface area contributed by atoms with Crippen LogP contribution in [0.25, 0.3) is 0 Å². The summed E-state index contributed by atoms with van der Waals surface area (Å²) >= 11 is 0. The molecule has 0 radical (unpaired) electrons. The Morgan fingerprint density at radius 3 is 1.85 bits per heavy atom. The molecule has 5 heteroatoms. The molecular weight excluding hydrogens is 269 g/mol. The van der Waals surface area contributed by atoms with E-state index in [-0.39, 0.29) is 24.0 Å². The van der Waals surface area contributed by atoms with Crippen LogP contribution in [0.4, 0.5) is 13.2 Å². The molecule has 1 aromatic rings. The van der Waals surface area contributed by atoms with E-state index in [2.05, 4.69) is 4.74 Å². The van der Waals surface area contributed by atoms with E-state index in [9.17, 15) is 18.0 Å². The predicted molar refractivity (Wildman–Crippen MR) is 71.1 cm³/mol. The molecule has 112 valence electrons. The second-order valence-corrected chi connectivity index (χ2v) is 5.31. The van der Waals surface area contributed by atoms with Crippen LogP contribution in [0.15, 0.2) is 12.1 Å². The van der Waals surface area contributed by atoms with Crippen molar-refractivity contribution in [3.05, 3.63) is 28.8 Å². The molecule has 0 spiro atoms. The number of rotatable bonds is 5. The number of carbonyl (C=O) groups excluding carboxylic acids is 1. The molecular formula is C15H19F3O2. The Kier molecular flexibility index (Phi) is 5.20. The van der Waals surface area contributed by atoms with Gasteiger partial charge in [-0.3, -0.25) is 0 Å². The first-order valence-corrected chi connectivity index (χ1v) is 6.51. The highest BCUT2D eigenvalue weighted by molar-refractivity contribution is 5.60. The first kappa shape index (κ1) is 16.5. The van der Waals surface area contributed by atoms with Crippen molar-refractivity contribution in [2.24, 2.45) is 0 Å². The van der Waals surface area contributed by atoms with E-state index in [0.29, 0.717) is 0 Å². The first-order valence-electron chi connectivity index (χ1n) is 6.51. The minimum Gasteiger partial charge on any atom is -0.406 e. The van der Waals surface area contributed by atoms with E-state index in [4.69, 9.17) is 0 Å². The van der Waals surface area contributed by atoms with Gasteiger partial charge < -0.3 is 9.53 Å². The highest BCUT2D eigenvalue weighted by atomic mass is 19.4. The minimum atomic E-state index is -4.71. The lowest BCUT2D eigenvalue weighted by Crippen LogP contribution is -2.18. The SMILES string of the molecule is CC(C)c1cc(OC(F)(F)F)cc(C(C)C)c1CC=O. The van der Waals surface area contributed by atoms with Crippen molar-refractivity contribution >= 4 is 6.29 Å². The molecule has 1 aromatic carbocycles. The third-order valence-corrected chi connectivity index (χ3v) is 3.06. The Morgan fingerprint density at radius 2 is 1.55 bits per heavy atom. The maximum atomic E-state index is 12.4. The van der Waals surface area contributed by atoms with Crippen LogP contribution in [-0.4, -0.2) is 12.6 Å². The van der Waals surface area contributed by atoms with Gasteiger partial charge in [-0.05, 0) is 40.7 Å². The molecule has 2 nitrogen and oxygen atoms in total. The molecule has 0 aliphatic rings. The molecule has 0 N–H and O–H groups in total. The quantitative estimate of drug-likeness (QED) is 0.742. The van der Waals surface area contributed by atoms with Crippen molar-refractivity contribution in [3.63, 3.8) is 0 Å². The van der Waals surface area contributed by atoms with Crippen molar-refractivity contribution in [1.82, 2.24) is 0 Å². The number of alkyl halides is 3. The standard InChI is InChI=1S/C15H19F3O2/c1-9(2)13-7-11(20-15(16,17)18)8-14(10(3)4)12(13)5-6-19/h6-10H,5H2,1-4H3. The molecule has 0 heterocycles. The van der Waals surface area contributed by atoms with Gasteiger partial charge in [-0.1, -0.05) is 27.7 Å². The normalized spacial score (nSPS) is 12.1. The zero-order chi connectivity index (χ0) is 15.5. The number of hydrogen-bond donors (Lipinski definition) is 0. The summed E-state index contributed by atoms with van der Waals surface area (Å²) in [6.07, 6.45) is -3.74. The van der Waals surface area contributed by atoms with Gasteiger partial charge in [-0.25, -0.2) is 0 Å². The van der Waals surface area contributed by atoms with E-state index < -0.39 is 6.36 Å². The molecule has 0 saturated carbocycles. The molecule has 0 aliphatic carbocycles. The largest absolute Gasteiger partial charge is 0.573 e. The fourth-order valence-electron chi connectivity index (χ4n) is 2.23. The lowest BCUT2D eigenvalue weighted by molar-refractivity contribution is -0.274. The molecule has 0 bridgehead atoms. The Bertz CT molecular complexity index is 447. The maximum absolute atomic E-state index is 12.4. The molecule has 0 amide bonds. The van der Waals surface area contributed by atoms with Crippen LogP contribution >= 0.6 is 0 Å².